The molecule has 0 saturated carbocycles. The number of hydrogen-bond donors (Lipinski definition) is 1. The van der Waals surface area contributed by atoms with Gasteiger partial charge in [-0.25, -0.2) is 13.4 Å². The maximum atomic E-state index is 12.9. The smallest absolute Gasteiger partial charge is 0.257 e. The van der Waals surface area contributed by atoms with Gasteiger partial charge in [-0.3, -0.25) is 4.79 Å². The van der Waals surface area contributed by atoms with Crippen LogP contribution in [0.3, 0.4) is 0 Å². The fourth-order valence-electron chi connectivity index (χ4n) is 2.97. The fraction of sp³-hybridized carbons (Fsp3) is 0.444. The molecule has 2 heterocycles. The lowest BCUT2D eigenvalue weighted by atomic mass is 10.3. The van der Waals surface area contributed by atoms with Crippen LogP contribution in [0.1, 0.15) is 19.3 Å². The second kappa shape index (κ2) is 9.40. The summed E-state index contributed by atoms with van der Waals surface area (Å²) >= 11 is 5.99. The molecule has 1 fully saturated rings. The van der Waals surface area contributed by atoms with E-state index in [2.05, 4.69) is 10.3 Å². The molecule has 0 spiro atoms. The lowest BCUT2D eigenvalue weighted by Crippen LogP contribution is -2.31. The van der Waals surface area contributed by atoms with Gasteiger partial charge in [-0.1, -0.05) is 11.6 Å². The van der Waals surface area contributed by atoms with Gasteiger partial charge in [-0.05, 0) is 37.5 Å². The molecule has 0 unspecified atom stereocenters. The number of carbonyl (C=O) groups is 1. The van der Waals surface area contributed by atoms with Gasteiger partial charge in [-0.15, -0.1) is 0 Å². The van der Waals surface area contributed by atoms with Crippen molar-refractivity contribution in [1.82, 2.24) is 19.2 Å². The number of sulfonamides is 1. The maximum Gasteiger partial charge on any atom is 0.257 e. The standard InChI is InChI=1S/C18H23ClN4O4S/c19-15-4-5-16(17(12-15)28(25,26)23-9-1-2-10-23)27-13-18(24)21-6-3-8-22-11-7-20-14-22/h4-5,7,11-12,14H,1-3,6,8-10,13H2,(H,21,24). The van der Waals surface area contributed by atoms with E-state index >= 15 is 0 Å². The molecule has 1 aliphatic rings. The van der Waals surface area contributed by atoms with Gasteiger partial charge in [0.1, 0.15) is 10.6 Å². The molecule has 1 amide bonds. The molecule has 1 aromatic carbocycles. The number of nitrogens with zero attached hydrogens (tertiary/aromatic N) is 3. The van der Waals surface area contributed by atoms with Crippen molar-refractivity contribution >= 4 is 27.5 Å². The van der Waals surface area contributed by atoms with E-state index in [0.29, 0.717) is 24.7 Å². The minimum Gasteiger partial charge on any atom is -0.482 e. The van der Waals surface area contributed by atoms with Gasteiger partial charge in [0.15, 0.2) is 6.61 Å². The Labute approximate surface area is 169 Å². The molecule has 0 atom stereocenters. The average Bonchev–Trinajstić information content (AvgIpc) is 3.38. The molecule has 0 radical (unpaired) electrons. The molecular formula is C18H23ClN4O4S. The number of imidazole rings is 1. The first-order valence-corrected chi connectivity index (χ1v) is 10.9. The first-order chi connectivity index (χ1) is 13.5. The van der Waals surface area contributed by atoms with E-state index in [1.165, 1.54) is 16.4 Å². The van der Waals surface area contributed by atoms with Gasteiger partial charge in [0.05, 0.1) is 6.33 Å². The summed E-state index contributed by atoms with van der Waals surface area (Å²) in [5.74, 6) is -0.185. The number of halogens is 1. The van der Waals surface area contributed by atoms with Crippen LogP contribution in [0.25, 0.3) is 0 Å². The van der Waals surface area contributed by atoms with Crippen molar-refractivity contribution in [3.8, 4) is 5.75 Å². The number of aryl methyl sites for hydroxylation is 1. The monoisotopic (exact) mass is 426 g/mol. The average molecular weight is 427 g/mol. The molecule has 1 aromatic heterocycles. The Balaban J connectivity index is 1.55. The number of hydrogen-bond acceptors (Lipinski definition) is 5. The van der Waals surface area contributed by atoms with Crippen molar-refractivity contribution in [2.75, 3.05) is 26.2 Å². The number of carbonyl (C=O) groups excluding carboxylic acids is 1. The van der Waals surface area contributed by atoms with Crippen LogP contribution in [0.2, 0.25) is 5.02 Å². The van der Waals surface area contributed by atoms with Gasteiger partial charge >= 0.3 is 0 Å². The summed E-state index contributed by atoms with van der Waals surface area (Å²) in [6, 6.07) is 4.40. The molecule has 8 nitrogen and oxygen atoms in total. The highest BCUT2D eigenvalue weighted by atomic mass is 35.5. The molecular weight excluding hydrogens is 404 g/mol. The molecule has 2 aromatic rings. The van der Waals surface area contributed by atoms with E-state index < -0.39 is 10.0 Å². The van der Waals surface area contributed by atoms with E-state index in [1.807, 2.05) is 10.8 Å². The van der Waals surface area contributed by atoms with Crippen LogP contribution in [0.5, 0.6) is 5.75 Å². The highest BCUT2D eigenvalue weighted by Gasteiger charge is 2.30. The van der Waals surface area contributed by atoms with Crippen LogP contribution in [-0.2, 0) is 21.4 Å². The minimum atomic E-state index is -3.70. The van der Waals surface area contributed by atoms with Crippen LogP contribution in [-0.4, -0.2) is 54.4 Å². The molecule has 10 heteroatoms. The van der Waals surface area contributed by atoms with Crippen LogP contribution in [0.15, 0.2) is 41.8 Å². The zero-order chi connectivity index (χ0) is 20.0. The number of nitrogens with one attached hydrogen (secondary N) is 1. The lowest BCUT2D eigenvalue weighted by Gasteiger charge is -2.18. The number of amides is 1. The van der Waals surface area contributed by atoms with Crippen molar-refractivity contribution < 1.29 is 17.9 Å². The summed E-state index contributed by atoms with van der Waals surface area (Å²) in [5, 5.41) is 3.06. The van der Waals surface area contributed by atoms with Crippen LogP contribution in [0, 0.1) is 0 Å². The second-order valence-corrected chi connectivity index (χ2v) is 8.84. The zero-order valence-electron chi connectivity index (χ0n) is 15.4. The Morgan fingerprint density at radius 2 is 2.07 bits per heavy atom. The molecule has 0 bridgehead atoms. The molecule has 1 saturated heterocycles. The zero-order valence-corrected chi connectivity index (χ0v) is 17.0. The summed E-state index contributed by atoms with van der Waals surface area (Å²) in [7, 11) is -3.70. The van der Waals surface area contributed by atoms with Crippen LogP contribution >= 0.6 is 11.6 Å². The third kappa shape index (κ3) is 5.24. The van der Waals surface area contributed by atoms with Crippen molar-refractivity contribution in [3.05, 3.63) is 41.9 Å². The molecule has 3 rings (SSSR count). The molecule has 1 aliphatic heterocycles. The summed E-state index contributed by atoms with van der Waals surface area (Å²) in [4.78, 5) is 16.0. The Hall–Kier alpha value is -2.10. The van der Waals surface area contributed by atoms with E-state index in [-0.39, 0.29) is 23.2 Å². The maximum absolute atomic E-state index is 12.9. The third-order valence-corrected chi connectivity index (χ3v) is 6.58. The highest BCUT2D eigenvalue weighted by molar-refractivity contribution is 7.89. The number of aromatic nitrogens is 2. The van der Waals surface area contributed by atoms with Gasteiger partial charge in [-0.2, -0.15) is 4.31 Å². The predicted octanol–water partition coefficient (Wildman–Crippen LogP) is 1.91. The molecule has 1 N–H and O–H groups in total. The number of rotatable bonds is 9. The Morgan fingerprint density at radius 1 is 1.29 bits per heavy atom. The Bertz CT molecular complexity index is 896. The first kappa shape index (κ1) is 20.6. The topological polar surface area (TPSA) is 93.5 Å². The lowest BCUT2D eigenvalue weighted by molar-refractivity contribution is -0.123. The second-order valence-electron chi connectivity index (χ2n) is 6.49. The fourth-order valence-corrected chi connectivity index (χ4v) is 4.88. The molecule has 28 heavy (non-hydrogen) atoms. The van der Waals surface area contributed by atoms with Crippen molar-refractivity contribution in [1.29, 1.82) is 0 Å². The molecule has 0 aliphatic carbocycles. The quantitative estimate of drug-likeness (QED) is 0.618. The minimum absolute atomic E-state index is 0.00481. The SMILES string of the molecule is O=C(COc1ccc(Cl)cc1S(=O)(=O)N1CCCC1)NCCCn1ccnc1. The van der Waals surface area contributed by atoms with E-state index in [1.54, 1.807) is 18.6 Å². The summed E-state index contributed by atoms with van der Waals surface area (Å²) in [6.07, 6.45) is 7.68. The number of ether oxygens (including phenoxy) is 1. The van der Waals surface area contributed by atoms with Crippen LogP contribution in [0.4, 0.5) is 0 Å². The van der Waals surface area contributed by atoms with Gasteiger partial charge in [0.25, 0.3) is 5.91 Å². The van der Waals surface area contributed by atoms with Crippen molar-refractivity contribution in [3.63, 3.8) is 0 Å². The Kier molecular flexibility index (Phi) is 6.93. The highest BCUT2D eigenvalue weighted by Crippen LogP contribution is 2.31. The van der Waals surface area contributed by atoms with E-state index in [0.717, 1.165) is 25.8 Å². The number of benzene rings is 1. The molecule has 152 valence electrons. The normalized spacial score (nSPS) is 14.9. The van der Waals surface area contributed by atoms with E-state index in [9.17, 15) is 13.2 Å². The van der Waals surface area contributed by atoms with Gasteiger partial charge in [0.2, 0.25) is 10.0 Å². The van der Waals surface area contributed by atoms with Gasteiger partial charge < -0.3 is 14.6 Å². The summed E-state index contributed by atoms with van der Waals surface area (Å²) in [5.41, 5.74) is 0. The third-order valence-electron chi connectivity index (χ3n) is 4.42. The Morgan fingerprint density at radius 3 is 2.79 bits per heavy atom. The summed E-state index contributed by atoms with van der Waals surface area (Å²) < 4.78 is 34.6. The summed E-state index contributed by atoms with van der Waals surface area (Å²) in [6.45, 7) is 1.92. The van der Waals surface area contributed by atoms with E-state index in [4.69, 9.17) is 16.3 Å². The first-order valence-electron chi connectivity index (χ1n) is 9.12. The van der Waals surface area contributed by atoms with Crippen LogP contribution < -0.4 is 10.1 Å². The predicted molar refractivity (Wildman–Crippen MR) is 105 cm³/mol. The largest absolute Gasteiger partial charge is 0.482 e. The van der Waals surface area contributed by atoms with Gasteiger partial charge in [0, 0.05) is 43.6 Å². The van der Waals surface area contributed by atoms with Crippen molar-refractivity contribution in [2.24, 2.45) is 0 Å². The van der Waals surface area contributed by atoms with Crippen molar-refractivity contribution in [2.45, 2.75) is 30.7 Å².